The van der Waals surface area contributed by atoms with Crippen molar-refractivity contribution in [1.82, 2.24) is 5.32 Å². The number of hydrogen-bond donors (Lipinski definition) is 2. The molecule has 1 aliphatic carbocycles. The van der Waals surface area contributed by atoms with E-state index in [1.54, 1.807) is 25.2 Å². The average Bonchev–Trinajstić information content (AvgIpc) is 3.51. The molecule has 6 heteroatoms. The van der Waals surface area contributed by atoms with E-state index in [4.69, 9.17) is 0 Å². The zero-order valence-corrected chi connectivity index (χ0v) is 15.1. The van der Waals surface area contributed by atoms with Gasteiger partial charge in [-0.05, 0) is 42.7 Å². The van der Waals surface area contributed by atoms with Crippen molar-refractivity contribution < 1.29 is 19.5 Å². The molecule has 0 bridgehead atoms. The molecule has 6 nitrogen and oxygen atoms in total. The maximum atomic E-state index is 12.7. The van der Waals surface area contributed by atoms with E-state index in [0.717, 1.165) is 18.5 Å². The fourth-order valence-electron chi connectivity index (χ4n) is 2.91. The van der Waals surface area contributed by atoms with Gasteiger partial charge in [0.05, 0.1) is 0 Å². The molecule has 27 heavy (non-hydrogen) atoms. The Kier molecular flexibility index (Phi) is 5.54. The van der Waals surface area contributed by atoms with Crippen molar-refractivity contribution in [3.8, 4) is 0 Å². The van der Waals surface area contributed by atoms with Crippen LogP contribution in [0.5, 0.6) is 0 Å². The molecule has 0 aromatic heterocycles. The fraction of sp³-hybridized carbons (Fsp3) is 0.286. The number of nitrogens with zero attached hydrogens (tertiary/aromatic N) is 1. The summed E-state index contributed by atoms with van der Waals surface area (Å²) in [4.78, 5) is 38.1. The Morgan fingerprint density at radius 2 is 1.74 bits per heavy atom. The molecule has 140 valence electrons. The van der Waals surface area contributed by atoms with Gasteiger partial charge in [-0.1, -0.05) is 37.1 Å². The molecule has 1 unspecified atom stereocenters. The lowest BCUT2D eigenvalue weighted by atomic mass is 10.1. The Hall–Kier alpha value is -3.15. The largest absolute Gasteiger partial charge is 0.480 e. The summed E-state index contributed by atoms with van der Waals surface area (Å²) in [6.07, 6.45) is 2.46. The minimum absolute atomic E-state index is 0.247. The summed E-state index contributed by atoms with van der Waals surface area (Å²) in [7, 11) is 1.67. The van der Waals surface area contributed by atoms with E-state index in [9.17, 15) is 19.5 Å². The van der Waals surface area contributed by atoms with E-state index in [-0.39, 0.29) is 11.5 Å². The molecule has 0 heterocycles. The number of hydrogen-bond acceptors (Lipinski definition) is 3. The molecule has 0 spiro atoms. The molecule has 0 radical (unpaired) electrons. The standard InChI is InChI=1S/C21H22N2O4/c1-23(17-8-3-2-4-9-17)20(25)16-7-5-6-15(13-16)19(24)22-18(21(26)27)12-14-10-11-14/h2-9,13-14,18H,10-12H2,1H3,(H,22,24)(H,26,27). The van der Waals surface area contributed by atoms with Crippen molar-refractivity contribution in [3.63, 3.8) is 0 Å². The highest BCUT2D eigenvalue weighted by Gasteiger charge is 2.30. The second-order valence-electron chi connectivity index (χ2n) is 6.82. The Morgan fingerprint density at radius 1 is 1.07 bits per heavy atom. The van der Waals surface area contributed by atoms with Crippen molar-refractivity contribution in [2.45, 2.75) is 25.3 Å². The summed E-state index contributed by atoms with van der Waals surface area (Å²) < 4.78 is 0. The second kappa shape index (κ2) is 8.03. The quantitative estimate of drug-likeness (QED) is 0.789. The lowest BCUT2D eigenvalue weighted by Crippen LogP contribution is -2.41. The predicted octanol–water partition coefficient (Wildman–Crippen LogP) is 2.95. The first-order valence-electron chi connectivity index (χ1n) is 8.92. The molecule has 3 rings (SSSR count). The molecule has 2 amide bonds. The van der Waals surface area contributed by atoms with E-state index >= 15 is 0 Å². The van der Waals surface area contributed by atoms with Crippen molar-refractivity contribution >= 4 is 23.5 Å². The molecular formula is C21H22N2O4. The number of anilines is 1. The van der Waals surface area contributed by atoms with Crippen LogP contribution in [0.25, 0.3) is 0 Å². The molecule has 1 aliphatic rings. The fourth-order valence-corrected chi connectivity index (χ4v) is 2.91. The monoisotopic (exact) mass is 366 g/mol. The average molecular weight is 366 g/mol. The molecule has 2 N–H and O–H groups in total. The summed E-state index contributed by atoms with van der Waals surface area (Å²) in [6.45, 7) is 0. The highest BCUT2D eigenvalue weighted by molar-refractivity contribution is 6.07. The maximum absolute atomic E-state index is 12.7. The van der Waals surface area contributed by atoms with Crippen molar-refractivity contribution in [2.75, 3.05) is 11.9 Å². The van der Waals surface area contributed by atoms with Crippen molar-refractivity contribution in [1.29, 1.82) is 0 Å². The van der Waals surface area contributed by atoms with E-state index < -0.39 is 17.9 Å². The Morgan fingerprint density at radius 3 is 2.37 bits per heavy atom. The molecule has 1 fully saturated rings. The first-order valence-corrected chi connectivity index (χ1v) is 8.92. The summed E-state index contributed by atoms with van der Waals surface area (Å²) in [5, 5.41) is 11.9. The van der Waals surface area contributed by atoms with Crippen LogP contribution in [0.15, 0.2) is 54.6 Å². The number of carboxylic acid groups (broad SMARTS) is 1. The van der Waals surface area contributed by atoms with Crippen LogP contribution in [-0.4, -0.2) is 36.0 Å². The number of carbonyl (C=O) groups is 3. The van der Waals surface area contributed by atoms with Crippen LogP contribution in [0.4, 0.5) is 5.69 Å². The van der Waals surface area contributed by atoms with Gasteiger partial charge in [0.25, 0.3) is 11.8 Å². The number of para-hydroxylation sites is 1. The van der Waals surface area contributed by atoms with E-state index in [1.165, 1.54) is 11.0 Å². The van der Waals surface area contributed by atoms with E-state index in [2.05, 4.69) is 5.32 Å². The van der Waals surface area contributed by atoms with Crippen LogP contribution < -0.4 is 10.2 Å². The van der Waals surface area contributed by atoms with Crippen LogP contribution in [0.2, 0.25) is 0 Å². The van der Waals surface area contributed by atoms with Gasteiger partial charge in [-0.3, -0.25) is 9.59 Å². The lowest BCUT2D eigenvalue weighted by molar-refractivity contribution is -0.139. The highest BCUT2D eigenvalue weighted by atomic mass is 16.4. The molecule has 1 saturated carbocycles. The normalized spacial score (nSPS) is 14.3. The van der Waals surface area contributed by atoms with Crippen LogP contribution in [-0.2, 0) is 4.79 Å². The zero-order chi connectivity index (χ0) is 19.4. The van der Waals surface area contributed by atoms with Gasteiger partial charge in [0.1, 0.15) is 6.04 Å². The molecule has 0 aliphatic heterocycles. The minimum Gasteiger partial charge on any atom is -0.480 e. The molecule has 0 saturated heterocycles. The molecular weight excluding hydrogens is 344 g/mol. The predicted molar refractivity (Wildman–Crippen MR) is 102 cm³/mol. The lowest BCUT2D eigenvalue weighted by Gasteiger charge is -2.18. The van der Waals surface area contributed by atoms with Crippen LogP contribution in [0, 0.1) is 5.92 Å². The SMILES string of the molecule is CN(C(=O)c1cccc(C(=O)NC(CC2CC2)C(=O)O)c1)c1ccccc1. The smallest absolute Gasteiger partial charge is 0.326 e. The number of amides is 2. The van der Waals surface area contributed by atoms with Crippen LogP contribution in [0.3, 0.4) is 0 Å². The summed E-state index contributed by atoms with van der Waals surface area (Å²) in [5.74, 6) is -1.39. The number of aliphatic carboxylic acids is 1. The van der Waals surface area contributed by atoms with Gasteiger partial charge in [-0.2, -0.15) is 0 Å². The molecule has 1 atom stereocenters. The Bertz CT molecular complexity index is 846. The summed E-state index contributed by atoms with van der Waals surface area (Å²) in [6, 6.07) is 14.6. The van der Waals surface area contributed by atoms with Crippen LogP contribution >= 0.6 is 0 Å². The van der Waals surface area contributed by atoms with E-state index in [1.807, 2.05) is 30.3 Å². The highest BCUT2D eigenvalue weighted by Crippen LogP contribution is 2.33. The topological polar surface area (TPSA) is 86.7 Å². The summed E-state index contributed by atoms with van der Waals surface area (Å²) >= 11 is 0. The van der Waals surface area contributed by atoms with Gasteiger partial charge < -0.3 is 15.3 Å². The second-order valence-corrected chi connectivity index (χ2v) is 6.82. The molecule has 2 aromatic rings. The van der Waals surface area contributed by atoms with Crippen molar-refractivity contribution in [3.05, 3.63) is 65.7 Å². The Balaban J connectivity index is 1.73. The first kappa shape index (κ1) is 18.6. The van der Waals surface area contributed by atoms with E-state index in [0.29, 0.717) is 17.9 Å². The zero-order valence-electron chi connectivity index (χ0n) is 15.1. The Labute approximate surface area is 157 Å². The van der Waals surface area contributed by atoms with Gasteiger partial charge in [-0.15, -0.1) is 0 Å². The van der Waals surface area contributed by atoms with Gasteiger partial charge in [-0.25, -0.2) is 4.79 Å². The minimum atomic E-state index is -1.04. The number of carbonyl (C=O) groups excluding carboxylic acids is 2. The third kappa shape index (κ3) is 4.73. The van der Waals surface area contributed by atoms with Crippen molar-refractivity contribution in [2.24, 2.45) is 5.92 Å². The van der Waals surface area contributed by atoms with Gasteiger partial charge >= 0.3 is 5.97 Å². The number of nitrogens with one attached hydrogen (secondary N) is 1. The molecule has 2 aromatic carbocycles. The maximum Gasteiger partial charge on any atom is 0.326 e. The number of benzene rings is 2. The van der Waals surface area contributed by atoms with Crippen LogP contribution in [0.1, 0.15) is 40.0 Å². The number of carboxylic acids is 1. The van der Waals surface area contributed by atoms with Gasteiger partial charge in [0, 0.05) is 23.9 Å². The van der Waals surface area contributed by atoms with Gasteiger partial charge in [0.2, 0.25) is 0 Å². The first-order chi connectivity index (χ1) is 13.0. The third-order valence-corrected chi connectivity index (χ3v) is 4.69. The third-order valence-electron chi connectivity index (χ3n) is 4.69. The number of rotatable bonds is 7. The summed E-state index contributed by atoms with van der Waals surface area (Å²) in [5.41, 5.74) is 1.38. The van der Waals surface area contributed by atoms with Gasteiger partial charge in [0.15, 0.2) is 0 Å².